The zero-order chi connectivity index (χ0) is 23.1. The van der Waals surface area contributed by atoms with E-state index in [0.29, 0.717) is 29.6 Å². The van der Waals surface area contributed by atoms with Gasteiger partial charge in [0.2, 0.25) is 5.91 Å². The molecule has 3 rings (SSSR count). The molecular formula is C24H25ClN2O4S. The first-order valence-electron chi connectivity index (χ1n) is 10.1. The fourth-order valence-electron chi connectivity index (χ4n) is 3.11. The summed E-state index contributed by atoms with van der Waals surface area (Å²) >= 11 is 5.92. The quantitative estimate of drug-likeness (QED) is 0.456. The number of para-hydroxylation sites is 1. The maximum Gasteiger partial charge on any atom is 0.264 e. The number of hydrogen-bond acceptors (Lipinski definition) is 4. The van der Waals surface area contributed by atoms with Gasteiger partial charge in [-0.1, -0.05) is 41.9 Å². The summed E-state index contributed by atoms with van der Waals surface area (Å²) in [6.07, 6.45) is 0. The summed E-state index contributed by atoms with van der Waals surface area (Å²) in [6, 6.07) is 21.9. The van der Waals surface area contributed by atoms with Gasteiger partial charge in [0.25, 0.3) is 10.0 Å². The van der Waals surface area contributed by atoms with Crippen LogP contribution in [-0.4, -0.2) is 39.4 Å². The van der Waals surface area contributed by atoms with Gasteiger partial charge in [0.1, 0.15) is 12.3 Å². The van der Waals surface area contributed by atoms with E-state index in [1.165, 1.54) is 17.0 Å². The number of amides is 1. The van der Waals surface area contributed by atoms with Crippen molar-refractivity contribution in [1.29, 1.82) is 0 Å². The van der Waals surface area contributed by atoms with Crippen LogP contribution in [0.25, 0.3) is 0 Å². The number of nitrogens with zero attached hydrogens (tertiary/aromatic N) is 2. The molecule has 3 aromatic rings. The van der Waals surface area contributed by atoms with Gasteiger partial charge in [-0.3, -0.25) is 9.10 Å². The average Bonchev–Trinajstić information content (AvgIpc) is 2.80. The number of ether oxygens (including phenoxy) is 1. The molecule has 0 N–H and O–H groups in total. The summed E-state index contributed by atoms with van der Waals surface area (Å²) in [5.41, 5.74) is 1.31. The number of carbonyl (C=O) groups excluding carboxylic acids is 1. The van der Waals surface area contributed by atoms with E-state index < -0.39 is 10.0 Å². The van der Waals surface area contributed by atoms with Crippen LogP contribution >= 0.6 is 11.6 Å². The summed E-state index contributed by atoms with van der Waals surface area (Å²) in [5.74, 6) is 0.245. The van der Waals surface area contributed by atoms with Gasteiger partial charge in [0.05, 0.1) is 17.2 Å². The van der Waals surface area contributed by atoms with Crippen molar-refractivity contribution in [2.24, 2.45) is 0 Å². The number of hydrogen-bond donors (Lipinski definition) is 0. The number of rotatable bonds is 9. The SMILES string of the molecule is CCOc1ccc(S(=O)(=O)N(CC(=O)N(C)Cc2ccc(Cl)cc2)c2ccccc2)cc1. The molecule has 6 nitrogen and oxygen atoms in total. The summed E-state index contributed by atoms with van der Waals surface area (Å²) in [6.45, 7) is 2.34. The molecular weight excluding hydrogens is 448 g/mol. The molecule has 0 aliphatic heterocycles. The minimum Gasteiger partial charge on any atom is -0.494 e. The number of anilines is 1. The molecule has 0 radical (unpaired) electrons. The lowest BCUT2D eigenvalue weighted by atomic mass is 10.2. The van der Waals surface area contributed by atoms with Gasteiger partial charge in [-0.15, -0.1) is 0 Å². The van der Waals surface area contributed by atoms with Crippen molar-refractivity contribution in [3.05, 3.63) is 89.4 Å². The van der Waals surface area contributed by atoms with Crippen molar-refractivity contribution >= 4 is 33.2 Å². The second-order valence-electron chi connectivity index (χ2n) is 7.13. The van der Waals surface area contributed by atoms with Gasteiger partial charge in [-0.05, 0) is 61.0 Å². The smallest absolute Gasteiger partial charge is 0.264 e. The fourth-order valence-corrected chi connectivity index (χ4v) is 4.65. The Morgan fingerprint density at radius 3 is 2.16 bits per heavy atom. The van der Waals surface area contributed by atoms with Gasteiger partial charge < -0.3 is 9.64 Å². The van der Waals surface area contributed by atoms with E-state index >= 15 is 0 Å². The maximum atomic E-state index is 13.5. The number of halogens is 1. The fraction of sp³-hybridized carbons (Fsp3) is 0.208. The van der Waals surface area contributed by atoms with Crippen molar-refractivity contribution in [2.45, 2.75) is 18.4 Å². The van der Waals surface area contributed by atoms with Crippen molar-refractivity contribution in [2.75, 3.05) is 24.5 Å². The molecule has 0 saturated carbocycles. The number of benzene rings is 3. The van der Waals surface area contributed by atoms with E-state index in [1.54, 1.807) is 61.6 Å². The van der Waals surface area contributed by atoms with E-state index in [9.17, 15) is 13.2 Å². The summed E-state index contributed by atoms with van der Waals surface area (Å²) in [7, 11) is -2.34. The zero-order valence-electron chi connectivity index (χ0n) is 17.9. The highest BCUT2D eigenvalue weighted by atomic mass is 35.5. The lowest BCUT2D eigenvalue weighted by Crippen LogP contribution is -2.41. The van der Waals surface area contributed by atoms with Crippen LogP contribution in [0.15, 0.2) is 83.8 Å². The monoisotopic (exact) mass is 472 g/mol. The molecule has 0 fully saturated rings. The van der Waals surface area contributed by atoms with Crippen LogP contribution in [0.5, 0.6) is 5.75 Å². The molecule has 0 aromatic heterocycles. The Hall–Kier alpha value is -3.03. The van der Waals surface area contributed by atoms with Crippen LogP contribution < -0.4 is 9.04 Å². The van der Waals surface area contributed by atoms with Crippen LogP contribution in [-0.2, 0) is 21.4 Å². The van der Waals surface area contributed by atoms with E-state index in [0.717, 1.165) is 9.87 Å². The summed E-state index contributed by atoms with van der Waals surface area (Å²) < 4.78 is 33.4. The molecule has 8 heteroatoms. The van der Waals surface area contributed by atoms with Gasteiger partial charge in [-0.25, -0.2) is 8.42 Å². The Kier molecular flexibility index (Phi) is 7.77. The van der Waals surface area contributed by atoms with Crippen LogP contribution in [0, 0.1) is 0 Å². The third-order valence-corrected chi connectivity index (χ3v) is 6.84. The largest absolute Gasteiger partial charge is 0.494 e. The molecule has 168 valence electrons. The highest BCUT2D eigenvalue weighted by Gasteiger charge is 2.28. The Bertz CT molecular complexity index is 1130. The molecule has 0 unspecified atom stereocenters. The first kappa shape index (κ1) is 23.6. The first-order chi connectivity index (χ1) is 15.3. The molecule has 3 aromatic carbocycles. The van der Waals surface area contributed by atoms with Gasteiger partial charge >= 0.3 is 0 Å². The molecule has 1 amide bonds. The summed E-state index contributed by atoms with van der Waals surface area (Å²) in [5, 5.41) is 0.611. The lowest BCUT2D eigenvalue weighted by Gasteiger charge is -2.27. The molecule has 0 saturated heterocycles. The lowest BCUT2D eigenvalue weighted by molar-refractivity contribution is -0.128. The van der Waals surface area contributed by atoms with Crippen molar-refractivity contribution in [3.63, 3.8) is 0 Å². The van der Waals surface area contributed by atoms with E-state index in [2.05, 4.69) is 0 Å². The van der Waals surface area contributed by atoms with Gasteiger partial charge in [-0.2, -0.15) is 0 Å². The zero-order valence-corrected chi connectivity index (χ0v) is 19.5. The molecule has 0 aliphatic carbocycles. The maximum absolute atomic E-state index is 13.5. The standard InChI is InChI=1S/C24H25ClN2O4S/c1-3-31-22-13-15-23(16-14-22)32(29,30)27(21-7-5-4-6-8-21)18-24(28)26(2)17-19-9-11-20(25)12-10-19/h4-16H,3,17-18H2,1-2H3. The van der Waals surface area contributed by atoms with Crippen LogP contribution in [0.3, 0.4) is 0 Å². The van der Waals surface area contributed by atoms with Gasteiger partial charge in [0.15, 0.2) is 0 Å². The molecule has 0 bridgehead atoms. The van der Waals surface area contributed by atoms with Crippen LogP contribution in [0.4, 0.5) is 5.69 Å². The van der Waals surface area contributed by atoms with Crippen molar-refractivity contribution in [3.8, 4) is 5.75 Å². The minimum atomic E-state index is -3.98. The molecule has 32 heavy (non-hydrogen) atoms. The highest BCUT2D eigenvalue weighted by molar-refractivity contribution is 7.92. The molecule has 0 atom stereocenters. The second kappa shape index (κ2) is 10.5. The number of sulfonamides is 1. The number of carbonyl (C=O) groups is 1. The molecule has 0 heterocycles. The van der Waals surface area contributed by atoms with E-state index in [1.807, 2.05) is 19.1 Å². The van der Waals surface area contributed by atoms with E-state index in [4.69, 9.17) is 16.3 Å². The van der Waals surface area contributed by atoms with E-state index in [-0.39, 0.29) is 17.3 Å². The predicted octanol–water partition coefficient (Wildman–Crippen LogP) is 4.59. The Labute approximate surface area is 194 Å². The Morgan fingerprint density at radius 1 is 0.938 bits per heavy atom. The normalized spacial score (nSPS) is 11.1. The van der Waals surface area contributed by atoms with Crippen LogP contribution in [0.1, 0.15) is 12.5 Å². The highest BCUT2D eigenvalue weighted by Crippen LogP contribution is 2.25. The van der Waals surface area contributed by atoms with Crippen LogP contribution in [0.2, 0.25) is 5.02 Å². The third kappa shape index (κ3) is 5.81. The average molecular weight is 473 g/mol. The molecule has 0 aliphatic rings. The first-order valence-corrected chi connectivity index (χ1v) is 11.9. The molecule has 0 spiro atoms. The minimum absolute atomic E-state index is 0.0814. The predicted molar refractivity (Wildman–Crippen MR) is 127 cm³/mol. The van der Waals surface area contributed by atoms with Crippen molar-refractivity contribution < 1.29 is 17.9 Å². The van der Waals surface area contributed by atoms with Crippen molar-refractivity contribution in [1.82, 2.24) is 4.90 Å². The third-order valence-electron chi connectivity index (χ3n) is 4.80. The topological polar surface area (TPSA) is 66.9 Å². The Morgan fingerprint density at radius 2 is 1.56 bits per heavy atom. The van der Waals surface area contributed by atoms with Gasteiger partial charge in [0, 0.05) is 18.6 Å². The second-order valence-corrected chi connectivity index (χ2v) is 9.43. The summed E-state index contributed by atoms with van der Waals surface area (Å²) in [4.78, 5) is 14.6. The Balaban J connectivity index is 1.85. The number of likely N-dealkylation sites (N-methyl/N-ethyl adjacent to an activating group) is 1.